The first-order chi connectivity index (χ1) is 9.27. The number of hydrogen-bond acceptors (Lipinski definition) is 5. The summed E-state index contributed by atoms with van der Waals surface area (Å²) in [5.41, 5.74) is 5.66. The number of carbonyl (C=O) groups is 1. The number of rotatable bonds is 2. The predicted molar refractivity (Wildman–Crippen MR) is 84.4 cm³/mol. The largest absolute Gasteiger partial charge is 0.477 e. The van der Waals surface area contributed by atoms with E-state index in [2.05, 4.69) is 14.9 Å². The highest BCUT2D eigenvalue weighted by atomic mass is 35.5. The zero-order valence-corrected chi connectivity index (χ0v) is 13.5. The van der Waals surface area contributed by atoms with Gasteiger partial charge in [-0.2, -0.15) is 0 Å². The molecule has 0 atom stereocenters. The maximum absolute atomic E-state index is 11.2. The molecule has 3 N–H and O–H groups in total. The van der Waals surface area contributed by atoms with Gasteiger partial charge in [0.15, 0.2) is 5.69 Å². The number of nitrogens with two attached hydrogens (primary N) is 1. The second-order valence-electron chi connectivity index (χ2n) is 6.31. The summed E-state index contributed by atoms with van der Waals surface area (Å²) in [6.07, 6.45) is 1.80. The van der Waals surface area contributed by atoms with Gasteiger partial charge in [-0.05, 0) is 12.8 Å². The number of aromatic carboxylic acids is 1. The molecule has 2 heterocycles. The number of carboxylic acid groups (broad SMARTS) is 1. The van der Waals surface area contributed by atoms with Gasteiger partial charge in [0, 0.05) is 30.6 Å². The van der Waals surface area contributed by atoms with E-state index in [1.165, 1.54) is 0 Å². The van der Waals surface area contributed by atoms with Crippen LogP contribution in [0, 0.1) is 0 Å². The Labute approximate surface area is 131 Å². The summed E-state index contributed by atoms with van der Waals surface area (Å²) in [5, 5.41) is 9.21. The van der Waals surface area contributed by atoms with Crippen LogP contribution in [-0.4, -0.2) is 40.2 Å². The molecule has 0 radical (unpaired) electrons. The van der Waals surface area contributed by atoms with Crippen LogP contribution in [0.1, 0.15) is 49.9 Å². The van der Waals surface area contributed by atoms with Crippen LogP contribution >= 0.6 is 12.4 Å². The van der Waals surface area contributed by atoms with Crippen molar-refractivity contribution in [1.82, 2.24) is 9.97 Å². The second-order valence-corrected chi connectivity index (χ2v) is 6.31. The summed E-state index contributed by atoms with van der Waals surface area (Å²) in [6.45, 7) is 7.54. The lowest BCUT2D eigenvalue weighted by molar-refractivity contribution is 0.0689. The third-order valence-corrected chi connectivity index (χ3v) is 3.47. The highest BCUT2D eigenvalue weighted by Gasteiger charge is 2.24. The molecule has 6 nitrogen and oxygen atoms in total. The lowest BCUT2D eigenvalue weighted by atomic mass is 9.95. The molecule has 0 saturated carbocycles. The van der Waals surface area contributed by atoms with E-state index in [9.17, 15) is 9.90 Å². The van der Waals surface area contributed by atoms with Crippen molar-refractivity contribution >= 4 is 24.2 Å². The molecule has 118 valence electrons. The van der Waals surface area contributed by atoms with Crippen LogP contribution in [0.15, 0.2) is 6.07 Å². The molecule has 0 unspecified atom stereocenters. The molecule has 2 rings (SSSR count). The van der Waals surface area contributed by atoms with Crippen molar-refractivity contribution in [3.63, 3.8) is 0 Å². The van der Waals surface area contributed by atoms with Gasteiger partial charge in [-0.1, -0.05) is 20.8 Å². The number of anilines is 1. The number of halogens is 1. The Balaban J connectivity index is 0.00000220. The Bertz CT molecular complexity index is 508. The van der Waals surface area contributed by atoms with Crippen molar-refractivity contribution in [2.24, 2.45) is 5.73 Å². The summed E-state index contributed by atoms with van der Waals surface area (Å²) in [5.74, 6) is 0.226. The number of nitrogens with zero attached hydrogens (tertiary/aromatic N) is 3. The van der Waals surface area contributed by atoms with Gasteiger partial charge in [-0.25, -0.2) is 14.8 Å². The van der Waals surface area contributed by atoms with Gasteiger partial charge in [-0.3, -0.25) is 0 Å². The summed E-state index contributed by atoms with van der Waals surface area (Å²) < 4.78 is 0. The third kappa shape index (κ3) is 4.28. The van der Waals surface area contributed by atoms with E-state index in [-0.39, 0.29) is 29.6 Å². The predicted octanol–water partition coefficient (Wildman–Crippen LogP) is 1.82. The zero-order chi connectivity index (χ0) is 14.9. The molecule has 1 aliphatic rings. The number of piperidine rings is 1. The molecule has 0 spiro atoms. The normalized spacial score (nSPS) is 16.5. The first-order valence-corrected chi connectivity index (χ1v) is 6.91. The molecule has 7 heteroatoms. The number of aromatic nitrogens is 2. The Kier molecular flexibility index (Phi) is 5.53. The van der Waals surface area contributed by atoms with Crippen molar-refractivity contribution in [2.45, 2.75) is 45.1 Å². The zero-order valence-electron chi connectivity index (χ0n) is 12.7. The van der Waals surface area contributed by atoms with Crippen LogP contribution in [0.5, 0.6) is 0 Å². The van der Waals surface area contributed by atoms with E-state index in [1.807, 2.05) is 20.8 Å². The van der Waals surface area contributed by atoms with Crippen LogP contribution in [0.4, 0.5) is 5.82 Å². The van der Waals surface area contributed by atoms with Gasteiger partial charge in [-0.15, -0.1) is 12.4 Å². The van der Waals surface area contributed by atoms with Crippen molar-refractivity contribution in [3.8, 4) is 0 Å². The smallest absolute Gasteiger partial charge is 0.354 e. The SMILES string of the molecule is CC(C)(C)c1nc(C(=O)O)cc(N2CCC(N)CC2)n1.Cl. The maximum Gasteiger partial charge on any atom is 0.354 e. The molecule has 0 bridgehead atoms. The van der Waals surface area contributed by atoms with E-state index in [0.717, 1.165) is 25.9 Å². The average Bonchev–Trinajstić information content (AvgIpc) is 2.38. The van der Waals surface area contributed by atoms with Crippen molar-refractivity contribution in [3.05, 3.63) is 17.6 Å². The van der Waals surface area contributed by atoms with Gasteiger partial charge >= 0.3 is 5.97 Å². The summed E-state index contributed by atoms with van der Waals surface area (Å²) >= 11 is 0. The van der Waals surface area contributed by atoms with Crippen LogP contribution in [-0.2, 0) is 5.41 Å². The van der Waals surface area contributed by atoms with E-state index < -0.39 is 5.97 Å². The molecule has 1 fully saturated rings. The Morgan fingerprint density at radius 2 is 1.90 bits per heavy atom. The highest BCUT2D eigenvalue weighted by Crippen LogP contribution is 2.24. The molecule has 1 aromatic heterocycles. The van der Waals surface area contributed by atoms with Gasteiger partial charge in [0.05, 0.1) is 0 Å². The molecule has 1 aromatic rings. The van der Waals surface area contributed by atoms with Crippen LogP contribution in [0.25, 0.3) is 0 Å². The fourth-order valence-electron chi connectivity index (χ4n) is 2.17. The van der Waals surface area contributed by atoms with Gasteiger partial charge in [0.2, 0.25) is 0 Å². The fourth-order valence-corrected chi connectivity index (χ4v) is 2.17. The Morgan fingerprint density at radius 3 is 2.38 bits per heavy atom. The monoisotopic (exact) mass is 314 g/mol. The minimum atomic E-state index is -1.02. The van der Waals surface area contributed by atoms with E-state index in [1.54, 1.807) is 6.07 Å². The first kappa shape index (κ1) is 17.7. The quantitative estimate of drug-likeness (QED) is 0.865. The van der Waals surface area contributed by atoms with E-state index in [0.29, 0.717) is 11.6 Å². The lowest BCUT2D eigenvalue weighted by Gasteiger charge is -2.32. The maximum atomic E-state index is 11.2. The summed E-state index contributed by atoms with van der Waals surface area (Å²) in [7, 11) is 0. The van der Waals surface area contributed by atoms with E-state index >= 15 is 0 Å². The number of carboxylic acids is 1. The Hall–Kier alpha value is -1.40. The molecular weight excluding hydrogens is 292 g/mol. The Morgan fingerprint density at radius 1 is 1.33 bits per heavy atom. The van der Waals surface area contributed by atoms with Crippen LogP contribution in [0.3, 0.4) is 0 Å². The molecule has 0 aliphatic carbocycles. The van der Waals surface area contributed by atoms with Crippen molar-refractivity contribution in [2.75, 3.05) is 18.0 Å². The highest BCUT2D eigenvalue weighted by molar-refractivity contribution is 5.86. The molecule has 0 aromatic carbocycles. The minimum absolute atomic E-state index is 0. The molecule has 0 amide bonds. The minimum Gasteiger partial charge on any atom is -0.477 e. The fraction of sp³-hybridized carbons (Fsp3) is 0.643. The molecular formula is C14H23ClN4O2. The molecule has 1 saturated heterocycles. The van der Waals surface area contributed by atoms with Crippen LogP contribution in [0.2, 0.25) is 0 Å². The van der Waals surface area contributed by atoms with Crippen molar-refractivity contribution in [1.29, 1.82) is 0 Å². The second kappa shape index (κ2) is 6.58. The van der Waals surface area contributed by atoms with E-state index in [4.69, 9.17) is 5.73 Å². The van der Waals surface area contributed by atoms with Gasteiger partial charge in [0.25, 0.3) is 0 Å². The average molecular weight is 315 g/mol. The van der Waals surface area contributed by atoms with Crippen LogP contribution < -0.4 is 10.6 Å². The first-order valence-electron chi connectivity index (χ1n) is 6.91. The lowest BCUT2D eigenvalue weighted by Crippen LogP contribution is -2.40. The number of hydrogen-bond donors (Lipinski definition) is 2. The molecule has 1 aliphatic heterocycles. The standard InChI is InChI=1S/C14H22N4O2.ClH/c1-14(2,3)13-16-10(12(19)20)8-11(17-13)18-6-4-9(15)5-7-18;/h8-9H,4-7,15H2,1-3H3,(H,19,20);1H. The summed E-state index contributed by atoms with van der Waals surface area (Å²) in [4.78, 5) is 22.0. The topological polar surface area (TPSA) is 92.3 Å². The van der Waals surface area contributed by atoms with Crippen molar-refractivity contribution < 1.29 is 9.90 Å². The van der Waals surface area contributed by atoms with Gasteiger partial charge < -0.3 is 15.7 Å². The molecule has 21 heavy (non-hydrogen) atoms. The van der Waals surface area contributed by atoms with Gasteiger partial charge in [0.1, 0.15) is 11.6 Å². The summed E-state index contributed by atoms with van der Waals surface area (Å²) in [6, 6.07) is 1.78. The third-order valence-electron chi connectivity index (χ3n) is 3.47.